The van der Waals surface area contributed by atoms with E-state index in [4.69, 9.17) is 4.74 Å². The van der Waals surface area contributed by atoms with Crippen molar-refractivity contribution in [3.05, 3.63) is 36.5 Å². The van der Waals surface area contributed by atoms with Gasteiger partial charge in [-0.1, -0.05) is 11.8 Å². The molecule has 142 valence electrons. The third-order valence-corrected chi connectivity index (χ3v) is 5.34. The number of nitrogens with zero attached hydrogens (tertiary/aromatic N) is 3. The molecule has 1 aromatic carbocycles. The Morgan fingerprint density at radius 3 is 2.74 bits per heavy atom. The molecule has 0 saturated carbocycles. The van der Waals surface area contributed by atoms with E-state index in [2.05, 4.69) is 15.3 Å². The summed E-state index contributed by atoms with van der Waals surface area (Å²) < 4.78 is 5.17. The van der Waals surface area contributed by atoms with Crippen LogP contribution in [-0.4, -0.2) is 58.2 Å². The molecule has 0 radical (unpaired) electrons. The van der Waals surface area contributed by atoms with Crippen LogP contribution in [0.25, 0.3) is 11.3 Å². The molecule has 1 fully saturated rings. The number of carbonyl (C=O) groups excluding carboxylic acids is 2. The molecule has 2 amide bonds. The minimum Gasteiger partial charge on any atom is -0.497 e. The van der Waals surface area contributed by atoms with E-state index in [0.717, 1.165) is 17.0 Å². The first-order valence-electron chi connectivity index (χ1n) is 8.61. The van der Waals surface area contributed by atoms with Crippen molar-refractivity contribution in [1.82, 2.24) is 20.2 Å². The van der Waals surface area contributed by atoms with Crippen molar-refractivity contribution in [3.8, 4) is 17.0 Å². The number of nitrogens with one attached hydrogen (secondary N) is 1. The van der Waals surface area contributed by atoms with Gasteiger partial charge in [0.05, 0.1) is 18.6 Å². The van der Waals surface area contributed by atoms with Crippen molar-refractivity contribution in [2.75, 3.05) is 26.0 Å². The quantitative estimate of drug-likeness (QED) is 0.625. The first-order chi connectivity index (χ1) is 12.9. The fourth-order valence-electron chi connectivity index (χ4n) is 2.87. The van der Waals surface area contributed by atoms with Crippen molar-refractivity contribution < 1.29 is 14.3 Å². The van der Waals surface area contributed by atoms with Crippen molar-refractivity contribution in [2.24, 2.45) is 0 Å². The summed E-state index contributed by atoms with van der Waals surface area (Å²) in [5, 5.41) is 3.32. The first-order valence-corrected chi connectivity index (χ1v) is 9.59. The Hall–Kier alpha value is -2.61. The largest absolute Gasteiger partial charge is 0.497 e. The molecule has 0 spiro atoms. The van der Waals surface area contributed by atoms with Gasteiger partial charge < -0.3 is 15.0 Å². The number of ether oxygens (including phenoxy) is 1. The van der Waals surface area contributed by atoms with E-state index >= 15 is 0 Å². The van der Waals surface area contributed by atoms with E-state index in [-0.39, 0.29) is 17.6 Å². The summed E-state index contributed by atoms with van der Waals surface area (Å²) in [4.78, 5) is 35.0. The highest BCUT2D eigenvalue weighted by atomic mass is 32.2. The third kappa shape index (κ3) is 4.21. The third-order valence-electron chi connectivity index (χ3n) is 4.50. The number of amides is 2. The van der Waals surface area contributed by atoms with Crippen molar-refractivity contribution in [2.45, 2.75) is 24.5 Å². The predicted octanol–water partition coefficient (Wildman–Crippen LogP) is 1.98. The van der Waals surface area contributed by atoms with Gasteiger partial charge in [0.25, 0.3) is 0 Å². The lowest BCUT2D eigenvalue weighted by Gasteiger charge is -2.41. The second kappa shape index (κ2) is 7.96. The van der Waals surface area contributed by atoms with Crippen LogP contribution >= 0.6 is 11.8 Å². The van der Waals surface area contributed by atoms with Crippen LogP contribution < -0.4 is 10.1 Å². The average Bonchev–Trinajstić information content (AvgIpc) is 2.68. The summed E-state index contributed by atoms with van der Waals surface area (Å²) >= 11 is 1.27. The fraction of sp³-hybridized carbons (Fsp3) is 0.368. The molecular weight excluding hydrogens is 364 g/mol. The zero-order valence-corrected chi connectivity index (χ0v) is 16.4. The second-order valence-electron chi connectivity index (χ2n) is 6.60. The minimum atomic E-state index is -0.846. The maximum absolute atomic E-state index is 12.6. The van der Waals surface area contributed by atoms with Crippen LogP contribution in [-0.2, 0) is 9.59 Å². The van der Waals surface area contributed by atoms with E-state index in [1.807, 2.05) is 30.3 Å². The molecule has 0 aliphatic carbocycles. The van der Waals surface area contributed by atoms with Crippen LogP contribution in [0.5, 0.6) is 5.75 Å². The summed E-state index contributed by atoms with van der Waals surface area (Å²) in [6.45, 7) is 4.49. The number of rotatable bonds is 5. The SMILES string of the molecule is COc1ccc(-c2ccnc(SCC(=O)N3CCNC(=O)C3(C)C)n2)cc1. The summed E-state index contributed by atoms with van der Waals surface area (Å²) in [5.41, 5.74) is 0.877. The van der Waals surface area contributed by atoms with Gasteiger partial charge in [-0.15, -0.1) is 0 Å². The molecule has 0 atom stereocenters. The van der Waals surface area contributed by atoms with Gasteiger partial charge in [0, 0.05) is 24.8 Å². The molecule has 2 heterocycles. The van der Waals surface area contributed by atoms with Gasteiger partial charge in [0.15, 0.2) is 5.16 Å². The molecule has 8 heteroatoms. The van der Waals surface area contributed by atoms with Gasteiger partial charge in [-0.2, -0.15) is 0 Å². The summed E-state index contributed by atoms with van der Waals surface area (Å²) in [5.74, 6) is 0.729. The van der Waals surface area contributed by atoms with Crippen LogP contribution in [0, 0.1) is 0 Å². The van der Waals surface area contributed by atoms with E-state index in [1.165, 1.54) is 11.8 Å². The van der Waals surface area contributed by atoms with E-state index < -0.39 is 5.54 Å². The average molecular weight is 386 g/mol. The van der Waals surface area contributed by atoms with E-state index in [9.17, 15) is 9.59 Å². The normalized spacial score (nSPS) is 16.0. The minimum absolute atomic E-state index is 0.0988. The number of hydrogen-bond donors (Lipinski definition) is 1. The van der Waals surface area contributed by atoms with Crippen LogP contribution in [0.15, 0.2) is 41.7 Å². The van der Waals surface area contributed by atoms with Crippen LogP contribution in [0.2, 0.25) is 0 Å². The summed E-state index contributed by atoms with van der Waals surface area (Å²) in [6.07, 6.45) is 1.68. The lowest BCUT2D eigenvalue weighted by atomic mass is 9.99. The van der Waals surface area contributed by atoms with Gasteiger partial charge in [-0.25, -0.2) is 9.97 Å². The number of hydrogen-bond acceptors (Lipinski definition) is 6. The highest BCUT2D eigenvalue weighted by molar-refractivity contribution is 7.99. The van der Waals surface area contributed by atoms with Crippen LogP contribution in [0.1, 0.15) is 13.8 Å². The lowest BCUT2D eigenvalue weighted by Crippen LogP contribution is -2.63. The predicted molar refractivity (Wildman–Crippen MR) is 104 cm³/mol. The lowest BCUT2D eigenvalue weighted by molar-refractivity contribution is -0.147. The van der Waals surface area contributed by atoms with Gasteiger partial charge >= 0.3 is 0 Å². The van der Waals surface area contributed by atoms with Gasteiger partial charge in [-0.05, 0) is 44.2 Å². The Kier molecular flexibility index (Phi) is 5.65. The zero-order chi connectivity index (χ0) is 19.4. The molecule has 0 unspecified atom stereocenters. The van der Waals surface area contributed by atoms with Gasteiger partial charge in [-0.3, -0.25) is 9.59 Å². The molecule has 1 aliphatic heterocycles. The number of piperazine rings is 1. The van der Waals surface area contributed by atoms with E-state index in [0.29, 0.717) is 18.2 Å². The van der Waals surface area contributed by atoms with Crippen molar-refractivity contribution in [1.29, 1.82) is 0 Å². The Balaban J connectivity index is 1.67. The molecule has 2 aromatic rings. The summed E-state index contributed by atoms with van der Waals surface area (Å²) in [7, 11) is 1.62. The Morgan fingerprint density at radius 1 is 1.30 bits per heavy atom. The summed E-state index contributed by atoms with van der Waals surface area (Å²) in [6, 6.07) is 9.42. The Morgan fingerprint density at radius 2 is 2.04 bits per heavy atom. The number of methoxy groups -OCH3 is 1. The Labute approximate surface area is 162 Å². The van der Waals surface area contributed by atoms with Crippen LogP contribution in [0.4, 0.5) is 0 Å². The second-order valence-corrected chi connectivity index (χ2v) is 7.54. The smallest absolute Gasteiger partial charge is 0.245 e. The number of thioether (sulfide) groups is 1. The highest BCUT2D eigenvalue weighted by Gasteiger charge is 2.40. The zero-order valence-electron chi connectivity index (χ0n) is 15.6. The van der Waals surface area contributed by atoms with E-state index in [1.54, 1.807) is 32.1 Å². The number of aromatic nitrogens is 2. The Bertz CT molecular complexity index is 839. The molecule has 1 N–H and O–H groups in total. The standard InChI is InChI=1S/C19H22N4O3S/c1-19(2)17(25)20-10-11-23(19)16(24)12-27-18-21-9-8-15(22-18)13-4-6-14(26-3)7-5-13/h4-9H,10-12H2,1-3H3,(H,20,25). The monoisotopic (exact) mass is 386 g/mol. The topological polar surface area (TPSA) is 84.4 Å². The molecule has 27 heavy (non-hydrogen) atoms. The molecular formula is C19H22N4O3S. The van der Waals surface area contributed by atoms with Crippen molar-refractivity contribution >= 4 is 23.6 Å². The molecule has 1 aliphatic rings. The molecule has 0 bridgehead atoms. The molecule has 3 rings (SSSR count). The number of carbonyl (C=O) groups is 2. The maximum atomic E-state index is 12.6. The molecule has 1 saturated heterocycles. The van der Waals surface area contributed by atoms with Gasteiger partial charge in [0.1, 0.15) is 11.3 Å². The van der Waals surface area contributed by atoms with Crippen LogP contribution in [0.3, 0.4) is 0 Å². The molecule has 7 nitrogen and oxygen atoms in total. The molecule has 1 aromatic heterocycles. The first kappa shape index (κ1) is 19.2. The van der Waals surface area contributed by atoms with Gasteiger partial charge in [0.2, 0.25) is 11.8 Å². The highest BCUT2D eigenvalue weighted by Crippen LogP contribution is 2.24. The number of benzene rings is 1. The van der Waals surface area contributed by atoms with Crippen molar-refractivity contribution in [3.63, 3.8) is 0 Å². The maximum Gasteiger partial charge on any atom is 0.245 e. The fourth-order valence-corrected chi connectivity index (χ4v) is 3.58.